The Morgan fingerprint density at radius 1 is 1.26 bits per heavy atom. The molecule has 0 saturated carbocycles. The van der Waals surface area contributed by atoms with Crippen LogP contribution in [0.25, 0.3) is 11.1 Å². The molecule has 0 atom stereocenters. The smallest absolute Gasteiger partial charge is 0.336 e. The lowest BCUT2D eigenvalue weighted by molar-refractivity contribution is 0.0697. The van der Waals surface area contributed by atoms with E-state index in [-0.39, 0.29) is 10.5 Å². The van der Waals surface area contributed by atoms with E-state index in [9.17, 15) is 13.2 Å². The first-order chi connectivity index (χ1) is 8.89. The number of rotatable bonds is 3. The Morgan fingerprint density at radius 2 is 2.00 bits per heavy atom. The molecule has 2 aromatic rings. The number of carboxylic acids is 1. The molecule has 0 aliphatic carbocycles. The van der Waals surface area contributed by atoms with Gasteiger partial charge in [0.1, 0.15) is 0 Å². The summed E-state index contributed by atoms with van der Waals surface area (Å²) in [7, 11) is -3.33. The zero-order valence-corrected chi connectivity index (χ0v) is 10.9. The number of aromatic nitrogens is 1. The van der Waals surface area contributed by atoms with Gasteiger partial charge in [0.2, 0.25) is 0 Å². The van der Waals surface area contributed by atoms with Crippen LogP contribution in [0.15, 0.2) is 47.6 Å². The summed E-state index contributed by atoms with van der Waals surface area (Å²) in [5.41, 5.74) is 0.981. The van der Waals surface area contributed by atoms with E-state index in [2.05, 4.69) is 4.98 Å². The van der Waals surface area contributed by atoms with Gasteiger partial charge in [0.05, 0.1) is 10.5 Å². The standard InChI is InChI=1S/C13H11NO4S/c1-19(17,18)10-4-2-3-9(7-10)12-8-14-6-5-11(12)13(15)16/h2-8H,1H3,(H,15,16). The number of hydrogen-bond acceptors (Lipinski definition) is 4. The quantitative estimate of drug-likeness (QED) is 0.925. The molecule has 0 aliphatic heterocycles. The van der Waals surface area contributed by atoms with E-state index >= 15 is 0 Å². The van der Waals surface area contributed by atoms with Crippen molar-refractivity contribution in [2.45, 2.75) is 4.90 Å². The molecule has 98 valence electrons. The fourth-order valence-corrected chi connectivity index (χ4v) is 2.37. The van der Waals surface area contributed by atoms with E-state index in [1.165, 1.54) is 30.6 Å². The molecule has 0 unspecified atom stereocenters. The largest absolute Gasteiger partial charge is 0.478 e. The summed E-state index contributed by atoms with van der Waals surface area (Å²) in [5, 5.41) is 9.11. The lowest BCUT2D eigenvalue weighted by atomic mass is 10.0. The Labute approximate surface area is 110 Å². The van der Waals surface area contributed by atoms with Crippen LogP contribution in [0.4, 0.5) is 0 Å². The predicted octanol–water partition coefficient (Wildman–Crippen LogP) is 1.85. The fraction of sp³-hybridized carbons (Fsp3) is 0.0769. The van der Waals surface area contributed by atoms with Crippen LogP contribution in [0.5, 0.6) is 0 Å². The molecule has 1 N–H and O–H groups in total. The molecule has 6 heteroatoms. The maximum absolute atomic E-state index is 11.5. The minimum absolute atomic E-state index is 0.0839. The van der Waals surface area contributed by atoms with E-state index in [4.69, 9.17) is 5.11 Å². The molecule has 0 aliphatic rings. The van der Waals surface area contributed by atoms with Gasteiger partial charge in [-0.05, 0) is 23.8 Å². The second-order valence-corrected chi connectivity index (χ2v) is 6.04. The van der Waals surface area contributed by atoms with Gasteiger partial charge in [0.25, 0.3) is 0 Å². The maximum Gasteiger partial charge on any atom is 0.336 e. The molecule has 19 heavy (non-hydrogen) atoms. The third-order valence-corrected chi connectivity index (χ3v) is 3.73. The average molecular weight is 277 g/mol. The van der Waals surface area contributed by atoms with E-state index in [1.807, 2.05) is 0 Å². The van der Waals surface area contributed by atoms with Crippen molar-refractivity contribution in [1.82, 2.24) is 4.98 Å². The summed E-state index contributed by atoms with van der Waals surface area (Å²) in [4.78, 5) is 15.2. The van der Waals surface area contributed by atoms with Crippen molar-refractivity contribution in [3.05, 3.63) is 48.3 Å². The molecular weight excluding hydrogens is 266 g/mol. The summed E-state index contributed by atoms with van der Waals surface area (Å²) in [6.45, 7) is 0. The van der Waals surface area contributed by atoms with Gasteiger partial charge in [-0.2, -0.15) is 0 Å². The Kier molecular flexibility index (Phi) is 3.35. The Bertz CT molecular complexity index is 738. The van der Waals surface area contributed by atoms with E-state index < -0.39 is 15.8 Å². The van der Waals surface area contributed by atoms with Crippen molar-refractivity contribution in [3.63, 3.8) is 0 Å². The van der Waals surface area contributed by atoms with E-state index in [0.29, 0.717) is 11.1 Å². The summed E-state index contributed by atoms with van der Waals surface area (Å²) in [5.74, 6) is -1.08. The van der Waals surface area contributed by atoms with Gasteiger partial charge in [-0.25, -0.2) is 13.2 Å². The molecule has 1 aromatic heterocycles. The van der Waals surface area contributed by atoms with Gasteiger partial charge in [0, 0.05) is 24.2 Å². The number of carboxylic acid groups (broad SMARTS) is 1. The number of benzene rings is 1. The zero-order chi connectivity index (χ0) is 14.0. The van der Waals surface area contributed by atoms with Crippen LogP contribution >= 0.6 is 0 Å². The molecule has 0 spiro atoms. The fourth-order valence-electron chi connectivity index (χ4n) is 1.71. The number of nitrogens with zero attached hydrogens (tertiary/aromatic N) is 1. The SMILES string of the molecule is CS(=O)(=O)c1cccc(-c2cnccc2C(=O)O)c1. The van der Waals surface area contributed by atoms with Crippen LogP contribution in [-0.2, 0) is 9.84 Å². The van der Waals surface area contributed by atoms with Crippen molar-refractivity contribution in [3.8, 4) is 11.1 Å². The summed E-state index contributed by atoms with van der Waals surface area (Å²) < 4.78 is 23.0. The first-order valence-corrected chi connectivity index (χ1v) is 7.26. The summed E-state index contributed by atoms with van der Waals surface area (Å²) >= 11 is 0. The van der Waals surface area contributed by atoms with Crippen LogP contribution in [0.1, 0.15) is 10.4 Å². The topological polar surface area (TPSA) is 84.3 Å². The molecule has 0 amide bonds. The van der Waals surface area contributed by atoms with Gasteiger partial charge < -0.3 is 5.11 Å². The van der Waals surface area contributed by atoms with Crippen molar-refractivity contribution in [2.24, 2.45) is 0 Å². The third-order valence-electron chi connectivity index (χ3n) is 2.62. The second kappa shape index (κ2) is 4.81. The molecule has 0 radical (unpaired) electrons. The van der Waals surface area contributed by atoms with Gasteiger partial charge in [-0.1, -0.05) is 12.1 Å². The molecular formula is C13H11NO4S. The third kappa shape index (κ3) is 2.79. The number of aromatic carboxylic acids is 1. The van der Waals surface area contributed by atoms with Crippen LogP contribution in [0.3, 0.4) is 0 Å². The molecule has 0 fully saturated rings. The minimum atomic E-state index is -3.33. The normalized spacial score (nSPS) is 11.2. The van der Waals surface area contributed by atoms with Crippen LogP contribution < -0.4 is 0 Å². The van der Waals surface area contributed by atoms with Gasteiger partial charge in [0.15, 0.2) is 9.84 Å². The highest BCUT2D eigenvalue weighted by Crippen LogP contribution is 2.25. The lowest BCUT2D eigenvalue weighted by Gasteiger charge is -2.07. The second-order valence-electron chi connectivity index (χ2n) is 4.03. The highest BCUT2D eigenvalue weighted by atomic mass is 32.2. The minimum Gasteiger partial charge on any atom is -0.478 e. The van der Waals surface area contributed by atoms with E-state index in [1.54, 1.807) is 12.1 Å². The maximum atomic E-state index is 11.5. The van der Waals surface area contributed by atoms with Crippen molar-refractivity contribution < 1.29 is 18.3 Å². The Morgan fingerprint density at radius 3 is 2.63 bits per heavy atom. The van der Waals surface area contributed by atoms with Crippen molar-refractivity contribution in [2.75, 3.05) is 6.26 Å². The zero-order valence-electron chi connectivity index (χ0n) is 10.1. The first kappa shape index (κ1) is 13.2. The van der Waals surface area contributed by atoms with Crippen LogP contribution in [0.2, 0.25) is 0 Å². The Balaban J connectivity index is 2.64. The molecule has 2 rings (SSSR count). The predicted molar refractivity (Wildman–Crippen MR) is 69.7 cm³/mol. The number of pyridine rings is 1. The highest BCUT2D eigenvalue weighted by molar-refractivity contribution is 7.90. The summed E-state index contributed by atoms with van der Waals surface area (Å²) in [6.07, 6.45) is 3.89. The number of sulfone groups is 1. The molecule has 0 bridgehead atoms. The van der Waals surface area contributed by atoms with Crippen molar-refractivity contribution in [1.29, 1.82) is 0 Å². The Hall–Kier alpha value is -2.21. The average Bonchev–Trinajstić information content (AvgIpc) is 2.38. The monoisotopic (exact) mass is 277 g/mol. The molecule has 0 saturated heterocycles. The summed E-state index contributed by atoms with van der Waals surface area (Å²) in [6, 6.07) is 7.52. The van der Waals surface area contributed by atoms with Gasteiger partial charge >= 0.3 is 5.97 Å². The van der Waals surface area contributed by atoms with Crippen LogP contribution in [0, 0.1) is 0 Å². The molecule has 1 aromatic carbocycles. The molecule has 5 nitrogen and oxygen atoms in total. The first-order valence-electron chi connectivity index (χ1n) is 5.37. The number of carbonyl (C=O) groups is 1. The number of hydrogen-bond donors (Lipinski definition) is 1. The highest BCUT2D eigenvalue weighted by Gasteiger charge is 2.13. The lowest BCUT2D eigenvalue weighted by Crippen LogP contribution is -2.01. The van der Waals surface area contributed by atoms with Gasteiger partial charge in [-0.15, -0.1) is 0 Å². The molecule has 1 heterocycles. The van der Waals surface area contributed by atoms with Crippen molar-refractivity contribution >= 4 is 15.8 Å². The van der Waals surface area contributed by atoms with Gasteiger partial charge in [-0.3, -0.25) is 4.98 Å². The van der Waals surface area contributed by atoms with Crippen LogP contribution in [-0.4, -0.2) is 30.7 Å². The van der Waals surface area contributed by atoms with E-state index in [0.717, 1.165) is 6.26 Å².